The molecule has 3 atom stereocenters. The second kappa shape index (κ2) is 3.73. The standard InChI is InChI=1S/C13H16ClNO/c1-15-6-9-4-8-2-3-10(14)5-11(8)13(16)12(9)7-15/h2-3,5,9,12-13,16H,4,6-7H2,1H3. The average Bonchev–Trinajstić information content (AvgIpc) is 2.61. The van der Waals surface area contributed by atoms with Crippen molar-refractivity contribution >= 4 is 11.6 Å². The molecule has 1 aromatic rings. The molecule has 0 aromatic heterocycles. The van der Waals surface area contributed by atoms with Gasteiger partial charge in [-0.2, -0.15) is 0 Å². The van der Waals surface area contributed by atoms with Gasteiger partial charge in [-0.1, -0.05) is 17.7 Å². The molecule has 0 saturated carbocycles. The Morgan fingerprint density at radius 3 is 3.00 bits per heavy atom. The Balaban J connectivity index is 2.00. The lowest BCUT2D eigenvalue weighted by Crippen LogP contribution is -2.28. The highest BCUT2D eigenvalue weighted by atomic mass is 35.5. The molecule has 1 aliphatic carbocycles. The molecule has 0 bridgehead atoms. The molecule has 1 N–H and O–H groups in total. The number of benzene rings is 1. The quantitative estimate of drug-likeness (QED) is 0.747. The zero-order chi connectivity index (χ0) is 11.3. The summed E-state index contributed by atoms with van der Waals surface area (Å²) in [5.41, 5.74) is 2.32. The minimum atomic E-state index is -0.336. The van der Waals surface area contributed by atoms with Gasteiger partial charge in [0.25, 0.3) is 0 Å². The van der Waals surface area contributed by atoms with Crippen molar-refractivity contribution in [2.75, 3.05) is 20.1 Å². The Morgan fingerprint density at radius 2 is 2.19 bits per heavy atom. The van der Waals surface area contributed by atoms with Crippen LogP contribution < -0.4 is 0 Å². The van der Waals surface area contributed by atoms with Gasteiger partial charge in [0.15, 0.2) is 0 Å². The third-order valence-corrected chi connectivity index (χ3v) is 4.22. The monoisotopic (exact) mass is 237 g/mol. The number of fused-ring (bicyclic) bond motifs is 2. The van der Waals surface area contributed by atoms with Crippen LogP contribution in [0.1, 0.15) is 17.2 Å². The highest BCUT2D eigenvalue weighted by Gasteiger charge is 2.40. The number of nitrogens with zero attached hydrogens (tertiary/aromatic N) is 1. The van der Waals surface area contributed by atoms with Gasteiger partial charge < -0.3 is 10.0 Å². The number of aliphatic hydroxyl groups excluding tert-OH is 1. The van der Waals surface area contributed by atoms with E-state index < -0.39 is 0 Å². The van der Waals surface area contributed by atoms with Crippen LogP contribution in [0.15, 0.2) is 18.2 Å². The van der Waals surface area contributed by atoms with Gasteiger partial charge in [-0.15, -0.1) is 0 Å². The Hall–Kier alpha value is -0.570. The van der Waals surface area contributed by atoms with E-state index in [9.17, 15) is 5.11 Å². The SMILES string of the molecule is CN1CC2Cc3ccc(Cl)cc3C(O)C2C1. The fourth-order valence-electron chi connectivity index (χ4n) is 3.23. The lowest BCUT2D eigenvalue weighted by molar-refractivity contribution is 0.0810. The molecule has 16 heavy (non-hydrogen) atoms. The summed E-state index contributed by atoms with van der Waals surface area (Å²) in [6.07, 6.45) is 0.746. The fraction of sp³-hybridized carbons (Fsp3) is 0.538. The van der Waals surface area contributed by atoms with Gasteiger partial charge in [0.1, 0.15) is 0 Å². The van der Waals surface area contributed by atoms with E-state index in [0.717, 1.165) is 30.1 Å². The van der Waals surface area contributed by atoms with Crippen molar-refractivity contribution in [2.45, 2.75) is 12.5 Å². The number of halogens is 1. The van der Waals surface area contributed by atoms with Crippen molar-refractivity contribution in [3.63, 3.8) is 0 Å². The van der Waals surface area contributed by atoms with Crippen LogP contribution >= 0.6 is 11.6 Å². The van der Waals surface area contributed by atoms with E-state index in [1.165, 1.54) is 5.56 Å². The second-order valence-corrected chi connectivity index (χ2v) is 5.57. The molecule has 2 nitrogen and oxygen atoms in total. The van der Waals surface area contributed by atoms with Crippen LogP contribution in [-0.2, 0) is 6.42 Å². The van der Waals surface area contributed by atoms with Gasteiger partial charge in [0.05, 0.1) is 6.10 Å². The summed E-state index contributed by atoms with van der Waals surface area (Å²) in [4.78, 5) is 2.31. The predicted octanol–water partition coefficient (Wildman–Crippen LogP) is 2.11. The molecule has 1 aromatic carbocycles. The largest absolute Gasteiger partial charge is 0.388 e. The molecule has 1 fully saturated rings. The van der Waals surface area contributed by atoms with Gasteiger partial charge >= 0.3 is 0 Å². The first kappa shape index (κ1) is 10.6. The zero-order valence-corrected chi connectivity index (χ0v) is 10.1. The van der Waals surface area contributed by atoms with Crippen molar-refractivity contribution in [2.24, 2.45) is 11.8 Å². The summed E-state index contributed by atoms with van der Waals surface area (Å²) in [7, 11) is 2.13. The molecule has 3 rings (SSSR count). The first-order chi connectivity index (χ1) is 7.65. The summed E-state index contributed by atoms with van der Waals surface area (Å²) in [6.45, 7) is 2.10. The number of hydrogen-bond acceptors (Lipinski definition) is 2. The van der Waals surface area contributed by atoms with Crippen LogP contribution in [0.3, 0.4) is 0 Å². The number of likely N-dealkylation sites (tertiary alicyclic amines) is 1. The third kappa shape index (κ3) is 1.56. The van der Waals surface area contributed by atoms with E-state index in [4.69, 9.17) is 11.6 Å². The van der Waals surface area contributed by atoms with E-state index >= 15 is 0 Å². The summed E-state index contributed by atoms with van der Waals surface area (Å²) < 4.78 is 0. The van der Waals surface area contributed by atoms with E-state index in [-0.39, 0.29) is 6.10 Å². The Kier molecular flexibility index (Phi) is 2.46. The molecule has 1 heterocycles. The summed E-state index contributed by atoms with van der Waals surface area (Å²) >= 11 is 5.99. The van der Waals surface area contributed by atoms with Crippen LogP contribution in [0.5, 0.6) is 0 Å². The number of aliphatic hydroxyl groups is 1. The van der Waals surface area contributed by atoms with Gasteiger partial charge in [-0.3, -0.25) is 0 Å². The highest BCUT2D eigenvalue weighted by Crippen LogP contribution is 2.42. The van der Waals surface area contributed by atoms with Crippen LogP contribution in [0.2, 0.25) is 5.02 Å². The molecule has 0 spiro atoms. The number of hydrogen-bond donors (Lipinski definition) is 1. The van der Waals surface area contributed by atoms with Gasteiger partial charge in [-0.25, -0.2) is 0 Å². The minimum absolute atomic E-state index is 0.336. The summed E-state index contributed by atoms with van der Waals surface area (Å²) in [5, 5.41) is 11.1. The van der Waals surface area contributed by atoms with E-state index in [2.05, 4.69) is 18.0 Å². The molecule has 1 aliphatic heterocycles. The lowest BCUT2D eigenvalue weighted by atomic mass is 9.76. The van der Waals surface area contributed by atoms with E-state index in [1.807, 2.05) is 12.1 Å². The van der Waals surface area contributed by atoms with Crippen molar-refractivity contribution in [3.05, 3.63) is 34.3 Å². The molecule has 2 aliphatic rings. The summed E-state index contributed by atoms with van der Waals surface area (Å²) in [6, 6.07) is 5.91. The molecule has 0 amide bonds. The maximum atomic E-state index is 10.4. The Labute approximate surface area is 101 Å². The lowest BCUT2D eigenvalue weighted by Gasteiger charge is -2.31. The molecule has 1 saturated heterocycles. The maximum absolute atomic E-state index is 10.4. The average molecular weight is 238 g/mol. The van der Waals surface area contributed by atoms with Crippen LogP contribution in [0.4, 0.5) is 0 Å². The fourth-order valence-corrected chi connectivity index (χ4v) is 3.41. The van der Waals surface area contributed by atoms with Gasteiger partial charge in [-0.05, 0) is 42.6 Å². The molecule has 3 heteroatoms. The summed E-state index contributed by atoms with van der Waals surface area (Å²) in [5.74, 6) is 0.990. The topological polar surface area (TPSA) is 23.5 Å². The normalized spacial score (nSPS) is 33.6. The van der Waals surface area contributed by atoms with Crippen molar-refractivity contribution in [1.82, 2.24) is 4.90 Å². The van der Waals surface area contributed by atoms with E-state index in [1.54, 1.807) is 0 Å². The third-order valence-electron chi connectivity index (χ3n) is 3.99. The Morgan fingerprint density at radius 1 is 1.38 bits per heavy atom. The van der Waals surface area contributed by atoms with E-state index in [0.29, 0.717) is 11.8 Å². The Bertz CT molecular complexity index is 420. The van der Waals surface area contributed by atoms with Gasteiger partial charge in [0.2, 0.25) is 0 Å². The van der Waals surface area contributed by atoms with Crippen molar-refractivity contribution in [1.29, 1.82) is 0 Å². The first-order valence-corrected chi connectivity index (χ1v) is 6.18. The minimum Gasteiger partial charge on any atom is -0.388 e. The van der Waals surface area contributed by atoms with Crippen LogP contribution in [0, 0.1) is 11.8 Å². The molecular formula is C13H16ClNO. The predicted molar refractivity (Wildman–Crippen MR) is 64.6 cm³/mol. The maximum Gasteiger partial charge on any atom is 0.0836 e. The van der Waals surface area contributed by atoms with Gasteiger partial charge in [0, 0.05) is 24.0 Å². The van der Waals surface area contributed by atoms with Crippen LogP contribution in [0.25, 0.3) is 0 Å². The molecule has 3 unspecified atom stereocenters. The second-order valence-electron chi connectivity index (χ2n) is 5.14. The number of rotatable bonds is 0. The molecule has 0 radical (unpaired) electrons. The van der Waals surface area contributed by atoms with Crippen molar-refractivity contribution in [3.8, 4) is 0 Å². The van der Waals surface area contributed by atoms with Crippen LogP contribution in [-0.4, -0.2) is 30.1 Å². The first-order valence-electron chi connectivity index (χ1n) is 5.80. The van der Waals surface area contributed by atoms with Crippen molar-refractivity contribution < 1.29 is 5.11 Å². The smallest absolute Gasteiger partial charge is 0.0836 e. The highest BCUT2D eigenvalue weighted by molar-refractivity contribution is 6.30. The zero-order valence-electron chi connectivity index (χ0n) is 9.36. The molecular weight excluding hydrogens is 222 g/mol. The molecule has 86 valence electrons.